The molecule has 0 spiro atoms. The zero-order chi connectivity index (χ0) is 29.9. The van der Waals surface area contributed by atoms with Crippen LogP contribution in [-0.4, -0.2) is 65.7 Å². The monoisotopic (exact) mass is 594 g/mol. The molecule has 0 fully saturated rings. The predicted molar refractivity (Wildman–Crippen MR) is 155 cm³/mol. The molecule has 3 N–H and O–H groups in total. The van der Waals surface area contributed by atoms with Crippen molar-refractivity contribution in [3.05, 3.63) is 12.2 Å². The van der Waals surface area contributed by atoms with Crippen molar-refractivity contribution in [1.29, 1.82) is 0 Å². The number of phosphoric acid groups is 1. The minimum Gasteiger partial charge on any atom is -0.457 e. The van der Waals surface area contributed by atoms with E-state index in [4.69, 9.17) is 18.5 Å². The third-order valence-corrected chi connectivity index (χ3v) is 7.18. The van der Waals surface area contributed by atoms with E-state index in [-0.39, 0.29) is 12.8 Å². The number of aliphatic hydroxyl groups excluding tert-OH is 2. The molecule has 0 bridgehead atoms. The summed E-state index contributed by atoms with van der Waals surface area (Å²) in [7, 11) is -4.60. The molecule has 10 nitrogen and oxygen atoms in total. The molecule has 0 aliphatic rings. The average molecular weight is 595 g/mol. The highest BCUT2D eigenvalue weighted by Crippen LogP contribution is 2.43. The fourth-order valence-electron chi connectivity index (χ4n) is 3.81. The standard InChI is InChI=1S/C29H55O10P/c1-3-5-7-8-9-10-11-12-13-14-15-16-17-19-21-29(33)39-27(23-31)25-37-40(34,35)36-24-26(22-30)38-28(32)20-18-6-4-2/h11-12,26-27,30-31H,3-10,13-25H2,1-2H3,(H,34,35)/b12-11-. The summed E-state index contributed by atoms with van der Waals surface area (Å²) >= 11 is 0. The number of hydrogen-bond donors (Lipinski definition) is 3. The second kappa shape index (κ2) is 26.6. The molecular weight excluding hydrogens is 539 g/mol. The van der Waals surface area contributed by atoms with Crippen molar-refractivity contribution in [2.24, 2.45) is 0 Å². The number of carbonyl (C=O) groups excluding carboxylic acids is 2. The highest BCUT2D eigenvalue weighted by Gasteiger charge is 2.27. The lowest BCUT2D eigenvalue weighted by molar-refractivity contribution is -0.153. The van der Waals surface area contributed by atoms with Crippen molar-refractivity contribution in [1.82, 2.24) is 0 Å². The van der Waals surface area contributed by atoms with Gasteiger partial charge in [0, 0.05) is 12.8 Å². The lowest BCUT2D eigenvalue weighted by Crippen LogP contribution is -2.28. The molecule has 0 amide bonds. The van der Waals surface area contributed by atoms with Gasteiger partial charge in [0.15, 0.2) is 0 Å². The van der Waals surface area contributed by atoms with Crippen LogP contribution in [-0.2, 0) is 32.7 Å². The van der Waals surface area contributed by atoms with E-state index < -0.39 is 58.4 Å². The van der Waals surface area contributed by atoms with Gasteiger partial charge in [0.25, 0.3) is 0 Å². The van der Waals surface area contributed by atoms with Gasteiger partial charge in [-0.25, -0.2) is 4.57 Å². The minimum absolute atomic E-state index is 0.179. The van der Waals surface area contributed by atoms with Crippen molar-refractivity contribution in [3.8, 4) is 0 Å². The fraction of sp³-hybridized carbons (Fsp3) is 0.862. The molecule has 11 heteroatoms. The summed E-state index contributed by atoms with van der Waals surface area (Å²) in [4.78, 5) is 33.7. The van der Waals surface area contributed by atoms with Gasteiger partial charge in [0.2, 0.25) is 0 Å². The van der Waals surface area contributed by atoms with Crippen molar-refractivity contribution >= 4 is 19.8 Å². The zero-order valence-corrected chi connectivity index (χ0v) is 25.7. The first kappa shape index (κ1) is 38.7. The number of carbonyl (C=O) groups is 2. The van der Waals surface area contributed by atoms with E-state index in [1.54, 1.807) is 0 Å². The molecule has 0 heterocycles. The van der Waals surface area contributed by atoms with E-state index in [1.807, 2.05) is 6.92 Å². The Morgan fingerprint density at radius 2 is 1.02 bits per heavy atom. The molecule has 0 aliphatic heterocycles. The number of aliphatic hydroxyl groups is 2. The topological polar surface area (TPSA) is 149 Å². The van der Waals surface area contributed by atoms with Crippen LogP contribution >= 0.6 is 7.82 Å². The lowest BCUT2D eigenvalue weighted by atomic mass is 10.1. The van der Waals surface area contributed by atoms with Crippen LogP contribution in [0, 0.1) is 0 Å². The Labute approximate surface area is 241 Å². The summed E-state index contributed by atoms with van der Waals surface area (Å²) < 4.78 is 31.9. The first-order chi connectivity index (χ1) is 19.3. The van der Waals surface area contributed by atoms with Gasteiger partial charge in [-0.1, -0.05) is 83.8 Å². The summed E-state index contributed by atoms with van der Waals surface area (Å²) in [5.74, 6) is -1.05. The van der Waals surface area contributed by atoms with Crippen molar-refractivity contribution in [3.63, 3.8) is 0 Å². The van der Waals surface area contributed by atoms with Crippen LogP contribution in [0.3, 0.4) is 0 Å². The van der Waals surface area contributed by atoms with Crippen LogP contribution in [0.4, 0.5) is 0 Å². The van der Waals surface area contributed by atoms with Crippen LogP contribution < -0.4 is 0 Å². The molecule has 3 atom stereocenters. The smallest absolute Gasteiger partial charge is 0.457 e. The number of hydrogen-bond acceptors (Lipinski definition) is 9. The molecule has 0 aromatic heterocycles. The maximum Gasteiger partial charge on any atom is 0.472 e. The van der Waals surface area contributed by atoms with Crippen LogP contribution in [0.25, 0.3) is 0 Å². The molecule has 0 radical (unpaired) electrons. The average Bonchev–Trinajstić information content (AvgIpc) is 2.93. The maximum atomic E-state index is 12.1. The zero-order valence-electron chi connectivity index (χ0n) is 24.8. The van der Waals surface area contributed by atoms with E-state index in [2.05, 4.69) is 19.1 Å². The van der Waals surface area contributed by atoms with Crippen molar-refractivity contribution < 1.29 is 47.8 Å². The molecule has 0 aromatic carbocycles. The Kier molecular flexibility index (Phi) is 25.7. The van der Waals surface area contributed by atoms with Gasteiger partial charge >= 0.3 is 19.8 Å². The molecule has 0 aliphatic carbocycles. The Bertz CT molecular complexity index is 700. The quantitative estimate of drug-likeness (QED) is 0.0416. The van der Waals surface area contributed by atoms with E-state index in [1.165, 1.54) is 32.1 Å². The van der Waals surface area contributed by atoms with Crippen molar-refractivity contribution in [2.45, 2.75) is 135 Å². The molecular formula is C29H55O10P. The summed E-state index contributed by atoms with van der Waals surface area (Å²) in [5.41, 5.74) is 0. The van der Waals surface area contributed by atoms with Gasteiger partial charge in [-0.2, -0.15) is 0 Å². The van der Waals surface area contributed by atoms with E-state index in [0.29, 0.717) is 12.8 Å². The highest BCUT2D eigenvalue weighted by atomic mass is 31.2. The lowest BCUT2D eigenvalue weighted by Gasteiger charge is -2.20. The first-order valence-electron chi connectivity index (χ1n) is 15.1. The number of ether oxygens (including phenoxy) is 2. The number of rotatable bonds is 28. The molecule has 40 heavy (non-hydrogen) atoms. The van der Waals surface area contributed by atoms with Gasteiger partial charge in [-0.05, 0) is 38.5 Å². The van der Waals surface area contributed by atoms with Gasteiger partial charge in [0.05, 0.1) is 26.4 Å². The molecule has 0 saturated carbocycles. The number of phosphoric ester groups is 1. The van der Waals surface area contributed by atoms with Crippen LogP contribution in [0.5, 0.6) is 0 Å². The number of allylic oxidation sites excluding steroid dienone is 2. The summed E-state index contributed by atoms with van der Waals surface area (Å²) in [6.07, 6.45) is 18.7. The molecule has 3 unspecified atom stereocenters. The molecule has 236 valence electrons. The Morgan fingerprint density at radius 1 is 0.650 bits per heavy atom. The molecule has 0 saturated heterocycles. The van der Waals surface area contributed by atoms with Gasteiger partial charge in [-0.15, -0.1) is 0 Å². The Hall–Kier alpha value is -1.29. The van der Waals surface area contributed by atoms with E-state index >= 15 is 0 Å². The Morgan fingerprint density at radius 3 is 1.48 bits per heavy atom. The Balaban J connectivity index is 4.00. The van der Waals surface area contributed by atoms with E-state index in [0.717, 1.165) is 51.4 Å². The second-order valence-corrected chi connectivity index (χ2v) is 11.5. The van der Waals surface area contributed by atoms with Crippen LogP contribution in [0.1, 0.15) is 123 Å². The largest absolute Gasteiger partial charge is 0.472 e. The third kappa shape index (κ3) is 24.5. The minimum atomic E-state index is -4.60. The normalized spacial score (nSPS) is 14.6. The molecule has 0 aromatic rings. The number of esters is 2. The van der Waals surface area contributed by atoms with E-state index in [9.17, 15) is 29.3 Å². The van der Waals surface area contributed by atoms with Gasteiger partial charge in [0.1, 0.15) is 12.2 Å². The SMILES string of the molecule is CCCCCCC/C=C\CCCCCCCC(=O)OC(CO)COP(=O)(O)OCC(CO)OC(=O)CCCCC. The van der Waals surface area contributed by atoms with Crippen molar-refractivity contribution in [2.75, 3.05) is 26.4 Å². The predicted octanol–water partition coefficient (Wildman–Crippen LogP) is 6.16. The van der Waals surface area contributed by atoms with Crippen LogP contribution in [0.2, 0.25) is 0 Å². The third-order valence-electron chi connectivity index (χ3n) is 6.23. The first-order valence-corrected chi connectivity index (χ1v) is 16.6. The second-order valence-electron chi connectivity index (χ2n) is 10.1. The summed E-state index contributed by atoms with van der Waals surface area (Å²) in [5, 5.41) is 18.8. The van der Waals surface area contributed by atoms with Crippen LogP contribution in [0.15, 0.2) is 12.2 Å². The van der Waals surface area contributed by atoms with Gasteiger partial charge < -0.3 is 24.6 Å². The summed E-state index contributed by atoms with van der Waals surface area (Å²) in [6.45, 7) is 1.93. The fourth-order valence-corrected chi connectivity index (χ4v) is 4.60. The summed E-state index contributed by atoms with van der Waals surface area (Å²) in [6, 6.07) is 0. The molecule has 0 rings (SSSR count). The highest BCUT2D eigenvalue weighted by molar-refractivity contribution is 7.47. The maximum absolute atomic E-state index is 12.1. The number of unbranched alkanes of at least 4 members (excludes halogenated alkanes) is 12. The van der Waals surface area contributed by atoms with Gasteiger partial charge in [-0.3, -0.25) is 18.6 Å².